The number of aryl methyl sites for hydroxylation is 2. The van der Waals surface area contributed by atoms with Crippen LogP contribution in [0.4, 0.5) is 5.69 Å². The first-order chi connectivity index (χ1) is 11.4. The minimum absolute atomic E-state index is 0.212. The highest BCUT2D eigenvalue weighted by Gasteiger charge is 2.20. The van der Waals surface area contributed by atoms with E-state index in [1.165, 1.54) is 0 Å². The fourth-order valence-corrected chi connectivity index (χ4v) is 3.28. The van der Waals surface area contributed by atoms with E-state index < -0.39 is 0 Å². The molecule has 1 heterocycles. The maximum absolute atomic E-state index is 12.8. The Morgan fingerprint density at radius 3 is 2.62 bits per heavy atom. The van der Waals surface area contributed by atoms with Gasteiger partial charge in [0.25, 0.3) is 5.91 Å². The van der Waals surface area contributed by atoms with Gasteiger partial charge in [0.1, 0.15) is 5.58 Å². The maximum atomic E-state index is 12.8. The van der Waals surface area contributed by atoms with Crippen LogP contribution in [-0.4, -0.2) is 5.91 Å². The molecule has 0 saturated carbocycles. The molecule has 4 heteroatoms. The van der Waals surface area contributed by atoms with Gasteiger partial charge in [0.15, 0.2) is 5.76 Å². The minimum atomic E-state index is -0.212. The van der Waals surface area contributed by atoms with Crippen LogP contribution >= 0.6 is 15.9 Å². The van der Waals surface area contributed by atoms with Gasteiger partial charge in [-0.1, -0.05) is 48.0 Å². The van der Waals surface area contributed by atoms with Gasteiger partial charge in [-0.2, -0.15) is 0 Å². The Balaban J connectivity index is 2.01. The SMILES string of the molecule is Cc1cccc(C(C)C)c1NC(=O)c1oc2ccc(Br)cc2c1C. The Labute approximate surface area is 150 Å². The number of carbonyl (C=O) groups is 1. The van der Waals surface area contributed by atoms with Crippen molar-refractivity contribution in [2.24, 2.45) is 0 Å². The molecule has 3 aromatic rings. The second-order valence-corrected chi connectivity index (χ2v) is 7.26. The summed E-state index contributed by atoms with van der Waals surface area (Å²) in [6.45, 7) is 8.15. The molecular formula is C20H20BrNO2. The Hall–Kier alpha value is -2.07. The summed E-state index contributed by atoms with van der Waals surface area (Å²) >= 11 is 3.46. The lowest BCUT2D eigenvalue weighted by Crippen LogP contribution is -2.15. The van der Waals surface area contributed by atoms with E-state index in [0.717, 1.165) is 37.8 Å². The van der Waals surface area contributed by atoms with Crippen LogP contribution < -0.4 is 5.32 Å². The zero-order valence-corrected chi connectivity index (χ0v) is 15.8. The van der Waals surface area contributed by atoms with E-state index in [2.05, 4.69) is 41.2 Å². The number of furan rings is 1. The molecule has 24 heavy (non-hydrogen) atoms. The number of hydrogen-bond acceptors (Lipinski definition) is 2. The highest BCUT2D eigenvalue weighted by Crippen LogP contribution is 2.31. The summed E-state index contributed by atoms with van der Waals surface area (Å²) in [5.74, 6) is 0.477. The summed E-state index contributed by atoms with van der Waals surface area (Å²) in [5.41, 5.74) is 4.61. The van der Waals surface area contributed by atoms with E-state index in [-0.39, 0.29) is 5.91 Å². The van der Waals surface area contributed by atoms with Crippen molar-refractivity contribution in [3.05, 3.63) is 63.3 Å². The van der Waals surface area contributed by atoms with E-state index in [0.29, 0.717) is 11.7 Å². The van der Waals surface area contributed by atoms with E-state index in [1.807, 2.05) is 44.2 Å². The highest BCUT2D eigenvalue weighted by atomic mass is 79.9. The number of nitrogens with one attached hydrogen (secondary N) is 1. The first-order valence-corrected chi connectivity index (χ1v) is 8.77. The third-order valence-electron chi connectivity index (χ3n) is 4.27. The fourth-order valence-electron chi connectivity index (χ4n) is 2.92. The number of hydrogen-bond donors (Lipinski definition) is 1. The summed E-state index contributed by atoms with van der Waals surface area (Å²) in [5, 5.41) is 4.00. The lowest BCUT2D eigenvalue weighted by Gasteiger charge is -2.16. The standard InChI is InChI=1S/C20H20BrNO2/c1-11(2)15-7-5-6-12(3)18(15)22-20(23)19-13(4)16-10-14(21)8-9-17(16)24-19/h5-11H,1-4H3,(H,22,23). The summed E-state index contributed by atoms with van der Waals surface area (Å²) in [6, 6.07) is 11.8. The van der Waals surface area contributed by atoms with Crippen molar-refractivity contribution in [1.29, 1.82) is 0 Å². The van der Waals surface area contributed by atoms with Crippen molar-refractivity contribution in [2.75, 3.05) is 5.32 Å². The second kappa shape index (κ2) is 6.44. The molecule has 0 aliphatic heterocycles. The Morgan fingerprint density at radius 1 is 1.17 bits per heavy atom. The number of amides is 1. The average molecular weight is 386 g/mol. The average Bonchev–Trinajstić information content (AvgIpc) is 2.86. The van der Waals surface area contributed by atoms with Gasteiger partial charge in [-0.05, 0) is 49.1 Å². The molecule has 0 aliphatic rings. The number of rotatable bonds is 3. The predicted molar refractivity (Wildman–Crippen MR) is 102 cm³/mol. The lowest BCUT2D eigenvalue weighted by molar-refractivity contribution is 0.0997. The first kappa shape index (κ1) is 16.8. The van der Waals surface area contributed by atoms with E-state index in [1.54, 1.807) is 0 Å². The number of carbonyl (C=O) groups excluding carboxylic acids is 1. The van der Waals surface area contributed by atoms with Crippen LogP contribution in [0.25, 0.3) is 11.0 Å². The molecule has 0 radical (unpaired) electrons. The molecule has 0 aliphatic carbocycles. The molecule has 1 aromatic heterocycles. The molecule has 2 aromatic carbocycles. The molecule has 3 rings (SSSR count). The van der Waals surface area contributed by atoms with Crippen molar-refractivity contribution in [3.8, 4) is 0 Å². The Morgan fingerprint density at radius 2 is 1.92 bits per heavy atom. The summed E-state index contributed by atoms with van der Waals surface area (Å²) in [6.07, 6.45) is 0. The van der Waals surface area contributed by atoms with Crippen LogP contribution in [0, 0.1) is 13.8 Å². The second-order valence-electron chi connectivity index (χ2n) is 6.34. The largest absolute Gasteiger partial charge is 0.451 e. The van der Waals surface area contributed by atoms with Crippen molar-refractivity contribution < 1.29 is 9.21 Å². The van der Waals surface area contributed by atoms with Crippen LogP contribution in [0.15, 0.2) is 45.3 Å². The van der Waals surface area contributed by atoms with Crippen molar-refractivity contribution >= 4 is 38.5 Å². The van der Waals surface area contributed by atoms with Crippen LogP contribution in [0.2, 0.25) is 0 Å². The summed E-state index contributed by atoms with van der Waals surface area (Å²) in [4.78, 5) is 12.8. The Bertz CT molecular complexity index is 925. The molecule has 0 bridgehead atoms. The van der Waals surface area contributed by atoms with Crippen LogP contribution in [0.5, 0.6) is 0 Å². The molecule has 124 valence electrons. The third kappa shape index (κ3) is 2.98. The summed E-state index contributed by atoms with van der Waals surface area (Å²) in [7, 11) is 0. The quantitative estimate of drug-likeness (QED) is 0.583. The topological polar surface area (TPSA) is 42.2 Å². The summed E-state index contributed by atoms with van der Waals surface area (Å²) < 4.78 is 6.76. The van der Waals surface area contributed by atoms with E-state index in [4.69, 9.17) is 4.42 Å². The molecule has 0 atom stereocenters. The first-order valence-electron chi connectivity index (χ1n) is 7.98. The predicted octanol–water partition coefficient (Wildman–Crippen LogP) is 6.19. The molecule has 0 unspecified atom stereocenters. The number of halogens is 1. The van der Waals surface area contributed by atoms with Crippen molar-refractivity contribution in [3.63, 3.8) is 0 Å². The van der Waals surface area contributed by atoms with Gasteiger partial charge < -0.3 is 9.73 Å². The molecule has 0 spiro atoms. The fraction of sp³-hybridized carbons (Fsp3) is 0.250. The molecule has 1 amide bonds. The van der Waals surface area contributed by atoms with Gasteiger partial charge in [-0.15, -0.1) is 0 Å². The van der Waals surface area contributed by atoms with Gasteiger partial charge in [-0.3, -0.25) is 4.79 Å². The van der Waals surface area contributed by atoms with Gasteiger partial charge >= 0.3 is 0 Å². The molecule has 0 fully saturated rings. The zero-order chi connectivity index (χ0) is 17.4. The zero-order valence-electron chi connectivity index (χ0n) is 14.2. The minimum Gasteiger partial charge on any atom is -0.451 e. The molecule has 3 nitrogen and oxygen atoms in total. The van der Waals surface area contributed by atoms with Crippen molar-refractivity contribution in [2.45, 2.75) is 33.6 Å². The number of fused-ring (bicyclic) bond motifs is 1. The monoisotopic (exact) mass is 385 g/mol. The normalized spacial score (nSPS) is 11.2. The van der Waals surface area contributed by atoms with E-state index >= 15 is 0 Å². The molecule has 1 N–H and O–H groups in total. The van der Waals surface area contributed by atoms with Gasteiger partial charge in [0.2, 0.25) is 0 Å². The van der Waals surface area contributed by atoms with Gasteiger partial charge in [0.05, 0.1) is 0 Å². The smallest absolute Gasteiger partial charge is 0.291 e. The number of para-hydroxylation sites is 1. The van der Waals surface area contributed by atoms with Crippen LogP contribution in [0.1, 0.15) is 47.0 Å². The molecular weight excluding hydrogens is 366 g/mol. The van der Waals surface area contributed by atoms with E-state index in [9.17, 15) is 4.79 Å². The van der Waals surface area contributed by atoms with Crippen LogP contribution in [-0.2, 0) is 0 Å². The maximum Gasteiger partial charge on any atom is 0.291 e. The Kier molecular flexibility index (Phi) is 4.50. The van der Waals surface area contributed by atoms with Gasteiger partial charge in [-0.25, -0.2) is 0 Å². The van der Waals surface area contributed by atoms with Crippen LogP contribution in [0.3, 0.4) is 0 Å². The molecule has 0 saturated heterocycles. The lowest BCUT2D eigenvalue weighted by atomic mass is 9.98. The van der Waals surface area contributed by atoms with Gasteiger partial charge in [0, 0.05) is 21.1 Å². The highest BCUT2D eigenvalue weighted by molar-refractivity contribution is 9.10. The third-order valence-corrected chi connectivity index (χ3v) is 4.76. The number of anilines is 1. The number of benzene rings is 2. The van der Waals surface area contributed by atoms with Crippen molar-refractivity contribution in [1.82, 2.24) is 0 Å².